The fraction of sp³-hybridized carbons (Fsp3) is 0.882. The lowest BCUT2D eigenvalue weighted by Gasteiger charge is -2.21. The van der Waals surface area contributed by atoms with Crippen molar-refractivity contribution in [2.75, 3.05) is 46.3 Å². The van der Waals surface area contributed by atoms with Gasteiger partial charge in [-0.25, -0.2) is 0 Å². The number of nitrogens with one attached hydrogen (secondary N) is 2. The summed E-state index contributed by atoms with van der Waals surface area (Å²) in [7, 11) is 1.81. The Morgan fingerprint density at radius 2 is 2.00 bits per heavy atom. The van der Waals surface area contributed by atoms with Gasteiger partial charge in [0.2, 0.25) is 5.91 Å². The lowest BCUT2D eigenvalue weighted by atomic mass is 10.1. The number of aliphatic imine (C=N–C) groups is 1. The van der Waals surface area contributed by atoms with Gasteiger partial charge in [0.25, 0.3) is 0 Å². The van der Waals surface area contributed by atoms with E-state index in [9.17, 15) is 4.79 Å². The lowest BCUT2D eigenvalue weighted by Crippen LogP contribution is -2.46. The van der Waals surface area contributed by atoms with E-state index in [4.69, 9.17) is 0 Å². The van der Waals surface area contributed by atoms with E-state index in [1.54, 1.807) is 0 Å². The molecule has 2 fully saturated rings. The van der Waals surface area contributed by atoms with Crippen LogP contribution >= 0.6 is 24.0 Å². The molecule has 0 bridgehead atoms. The van der Waals surface area contributed by atoms with Crippen LogP contribution in [0.4, 0.5) is 0 Å². The number of rotatable bonds is 5. The minimum Gasteiger partial charge on any atom is -0.356 e. The molecular weight excluding hydrogens is 417 g/mol. The van der Waals surface area contributed by atoms with Gasteiger partial charge in [0.05, 0.1) is 0 Å². The van der Waals surface area contributed by atoms with Crippen molar-refractivity contribution in [3.63, 3.8) is 0 Å². The zero-order valence-electron chi connectivity index (χ0n) is 15.5. The van der Waals surface area contributed by atoms with Gasteiger partial charge in [0.15, 0.2) is 5.96 Å². The van der Waals surface area contributed by atoms with Crippen molar-refractivity contribution in [1.29, 1.82) is 0 Å². The monoisotopic (exact) mass is 451 g/mol. The molecular formula is C17H34IN5O. The number of carbonyl (C=O) groups is 1. The van der Waals surface area contributed by atoms with E-state index in [-0.39, 0.29) is 35.8 Å². The maximum atomic E-state index is 12.1. The predicted molar refractivity (Wildman–Crippen MR) is 110 cm³/mol. The fourth-order valence-corrected chi connectivity index (χ4v) is 3.44. The third kappa shape index (κ3) is 6.06. The third-order valence-electron chi connectivity index (χ3n) is 4.93. The molecule has 0 radical (unpaired) electrons. The summed E-state index contributed by atoms with van der Waals surface area (Å²) in [5, 5.41) is 6.93. The van der Waals surface area contributed by atoms with Crippen molar-refractivity contribution in [3.8, 4) is 0 Å². The molecule has 0 aromatic heterocycles. The van der Waals surface area contributed by atoms with Gasteiger partial charge in [-0.2, -0.15) is 0 Å². The summed E-state index contributed by atoms with van der Waals surface area (Å²) in [6.45, 7) is 12.3. The molecule has 2 atom stereocenters. The highest BCUT2D eigenvalue weighted by Gasteiger charge is 2.28. The van der Waals surface area contributed by atoms with Gasteiger partial charge in [0.1, 0.15) is 0 Å². The summed E-state index contributed by atoms with van der Waals surface area (Å²) in [5.41, 5.74) is 0. The van der Waals surface area contributed by atoms with Crippen LogP contribution in [0.5, 0.6) is 0 Å². The maximum Gasteiger partial charge on any atom is 0.225 e. The average molecular weight is 451 g/mol. The van der Waals surface area contributed by atoms with Crippen LogP contribution in [0.1, 0.15) is 33.6 Å². The lowest BCUT2D eigenvalue weighted by molar-refractivity contribution is -0.133. The maximum absolute atomic E-state index is 12.1. The predicted octanol–water partition coefficient (Wildman–Crippen LogP) is 1.37. The zero-order valence-corrected chi connectivity index (χ0v) is 17.9. The number of hydrogen-bond donors (Lipinski definition) is 2. The minimum atomic E-state index is 0. The van der Waals surface area contributed by atoms with Gasteiger partial charge in [-0.15, -0.1) is 24.0 Å². The summed E-state index contributed by atoms with van der Waals surface area (Å²) in [5.74, 6) is 1.90. The summed E-state index contributed by atoms with van der Waals surface area (Å²) < 4.78 is 0. The van der Waals surface area contributed by atoms with Crippen molar-refractivity contribution in [1.82, 2.24) is 20.4 Å². The number of amides is 1. The van der Waals surface area contributed by atoms with Crippen LogP contribution < -0.4 is 10.6 Å². The van der Waals surface area contributed by atoms with E-state index in [1.807, 2.05) is 25.8 Å². The van der Waals surface area contributed by atoms with Crippen molar-refractivity contribution < 1.29 is 4.79 Å². The Morgan fingerprint density at radius 3 is 2.58 bits per heavy atom. The quantitative estimate of drug-likeness (QED) is 0.377. The van der Waals surface area contributed by atoms with Gasteiger partial charge in [-0.1, -0.05) is 20.8 Å². The highest BCUT2D eigenvalue weighted by Crippen LogP contribution is 2.15. The molecule has 140 valence electrons. The first kappa shape index (κ1) is 21.5. The normalized spacial score (nSPS) is 25.0. The van der Waals surface area contributed by atoms with Crippen LogP contribution in [0.2, 0.25) is 0 Å². The SMILES string of the molecule is CCN1CCC(CNC(=NC)NC2CCN(C(=O)C(C)C)C2)C1.I. The number of carbonyl (C=O) groups excluding carboxylic acids is 1. The Morgan fingerprint density at radius 1 is 1.25 bits per heavy atom. The fourth-order valence-electron chi connectivity index (χ4n) is 3.44. The molecule has 6 nitrogen and oxygen atoms in total. The number of likely N-dealkylation sites (tertiary alicyclic amines) is 2. The second-order valence-corrected chi connectivity index (χ2v) is 7.07. The van der Waals surface area contributed by atoms with Gasteiger partial charge in [0, 0.05) is 45.2 Å². The van der Waals surface area contributed by atoms with Crippen LogP contribution in [-0.2, 0) is 4.79 Å². The molecule has 2 heterocycles. The number of hydrogen-bond acceptors (Lipinski definition) is 3. The van der Waals surface area contributed by atoms with E-state index >= 15 is 0 Å². The minimum absolute atomic E-state index is 0. The zero-order chi connectivity index (χ0) is 16.8. The molecule has 24 heavy (non-hydrogen) atoms. The van der Waals surface area contributed by atoms with Crippen LogP contribution in [-0.4, -0.2) is 74.0 Å². The Bertz CT molecular complexity index is 429. The molecule has 0 aliphatic carbocycles. The largest absolute Gasteiger partial charge is 0.356 e. The first-order chi connectivity index (χ1) is 11.0. The summed E-state index contributed by atoms with van der Waals surface area (Å²) in [6.07, 6.45) is 2.25. The number of nitrogens with zero attached hydrogens (tertiary/aromatic N) is 3. The molecule has 2 aliphatic rings. The molecule has 0 spiro atoms. The molecule has 0 saturated carbocycles. The third-order valence-corrected chi connectivity index (χ3v) is 4.93. The topological polar surface area (TPSA) is 60.0 Å². The van der Waals surface area contributed by atoms with Gasteiger partial charge >= 0.3 is 0 Å². The second-order valence-electron chi connectivity index (χ2n) is 7.07. The molecule has 2 rings (SSSR count). The van der Waals surface area contributed by atoms with Crippen molar-refractivity contribution in [2.24, 2.45) is 16.8 Å². The highest BCUT2D eigenvalue weighted by molar-refractivity contribution is 14.0. The molecule has 2 aliphatic heterocycles. The number of halogens is 1. The van der Waals surface area contributed by atoms with Crippen LogP contribution in [0.25, 0.3) is 0 Å². The first-order valence-corrected chi connectivity index (χ1v) is 9.01. The molecule has 2 saturated heterocycles. The van der Waals surface area contributed by atoms with E-state index in [0.29, 0.717) is 12.0 Å². The second kappa shape index (κ2) is 10.4. The Hall–Kier alpha value is -0.570. The highest BCUT2D eigenvalue weighted by atomic mass is 127. The summed E-state index contributed by atoms with van der Waals surface area (Å²) in [4.78, 5) is 20.8. The van der Waals surface area contributed by atoms with Crippen molar-refractivity contribution in [2.45, 2.75) is 39.7 Å². The van der Waals surface area contributed by atoms with Crippen LogP contribution in [0.15, 0.2) is 4.99 Å². The van der Waals surface area contributed by atoms with E-state index in [0.717, 1.165) is 38.6 Å². The molecule has 0 aromatic carbocycles. The van der Waals surface area contributed by atoms with Crippen LogP contribution in [0.3, 0.4) is 0 Å². The van der Waals surface area contributed by atoms with E-state index in [2.05, 4.69) is 27.4 Å². The Balaban J connectivity index is 0.00000288. The number of guanidine groups is 1. The Labute approximate surface area is 163 Å². The Kier molecular flexibility index (Phi) is 9.33. The van der Waals surface area contributed by atoms with Crippen LogP contribution in [0, 0.1) is 11.8 Å². The summed E-state index contributed by atoms with van der Waals surface area (Å²) >= 11 is 0. The van der Waals surface area contributed by atoms with Crippen molar-refractivity contribution in [3.05, 3.63) is 0 Å². The molecule has 0 aromatic rings. The van der Waals surface area contributed by atoms with E-state index in [1.165, 1.54) is 19.5 Å². The van der Waals surface area contributed by atoms with Gasteiger partial charge in [-0.05, 0) is 31.8 Å². The summed E-state index contributed by atoms with van der Waals surface area (Å²) in [6, 6.07) is 0.305. The van der Waals surface area contributed by atoms with Gasteiger partial charge in [-0.3, -0.25) is 9.79 Å². The van der Waals surface area contributed by atoms with Crippen molar-refractivity contribution >= 4 is 35.8 Å². The van der Waals surface area contributed by atoms with E-state index < -0.39 is 0 Å². The van der Waals surface area contributed by atoms with Gasteiger partial charge < -0.3 is 20.4 Å². The first-order valence-electron chi connectivity index (χ1n) is 9.01. The molecule has 1 amide bonds. The average Bonchev–Trinajstić information content (AvgIpc) is 3.19. The standard InChI is InChI=1S/C17H33N5O.HI/c1-5-21-8-6-14(11-21)10-19-17(18-4)20-15-7-9-22(12-15)16(23)13(2)3;/h13-15H,5-12H2,1-4H3,(H2,18,19,20);1H. The smallest absolute Gasteiger partial charge is 0.225 e. The molecule has 2 N–H and O–H groups in total. The molecule has 7 heteroatoms. The molecule has 2 unspecified atom stereocenters.